The van der Waals surface area contributed by atoms with Gasteiger partial charge < -0.3 is 10.6 Å². The Hall–Kier alpha value is -1.55. The second kappa shape index (κ2) is 4.37. The lowest BCUT2D eigenvalue weighted by Crippen LogP contribution is -2.37. The van der Waals surface area contributed by atoms with E-state index in [1.165, 1.54) is 15.6 Å². The van der Waals surface area contributed by atoms with Crippen molar-refractivity contribution in [2.24, 2.45) is 4.99 Å². The van der Waals surface area contributed by atoms with Crippen molar-refractivity contribution in [1.82, 2.24) is 10.6 Å². The summed E-state index contributed by atoms with van der Waals surface area (Å²) >= 11 is 1.80. The van der Waals surface area contributed by atoms with E-state index < -0.39 is 0 Å². The van der Waals surface area contributed by atoms with Gasteiger partial charge in [0.2, 0.25) is 0 Å². The van der Waals surface area contributed by atoms with Crippen molar-refractivity contribution in [3.63, 3.8) is 0 Å². The van der Waals surface area contributed by atoms with E-state index in [-0.39, 0.29) is 0 Å². The third-order valence-electron chi connectivity index (χ3n) is 2.91. The first-order valence-corrected chi connectivity index (χ1v) is 6.71. The Morgan fingerprint density at radius 1 is 1.47 bits per heavy atom. The van der Waals surface area contributed by atoms with E-state index in [9.17, 15) is 0 Å². The molecule has 1 aromatic carbocycles. The van der Waals surface area contributed by atoms with E-state index in [0.717, 1.165) is 19.0 Å². The Kier molecular flexibility index (Phi) is 2.73. The summed E-state index contributed by atoms with van der Waals surface area (Å²) in [6.07, 6.45) is 0. The Morgan fingerprint density at radius 2 is 2.35 bits per heavy atom. The number of hydrogen-bond donors (Lipinski definition) is 2. The maximum atomic E-state index is 4.39. The molecule has 1 aromatic heterocycles. The number of fused-ring (bicyclic) bond motifs is 1. The molecule has 2 N–H and O–H groups in total. The number of thiophene rings is 1. The molecule has 2 heterocycles. The van der Waals surface area contributed by atoms with Crippen LogP contribution < -0.4 is 10.6 Å². The Balaban J connectivity index is 1.73. The molecule has 4 heteroatoms. The molecule has 17 heavy (non-hydrogen) atoms. The number of benzene rings is 1. The number of aliphatic imine (C=N–C) groups is 1. The predicted octanol–water partition coefficient (Wildman–Crippen LogP) is 2.34. The van der Waals surface area contributed by atoms with Crippen LogP contribution in [0.15, 0.2) is 34.6 Å². The fourth-order valence-electron chi connectivity index (χ4n) is 2.01. The predicted molar refractivity (Wildman–Crippen MR) is 73.6 cm³/mol. The van der Waals surface area contributed by atoms with Gasteiger partial charge in [0.25, 0.3) is 0 Å². The maximum absolute atomic E-state index is 4.39. The minimum atomic E-state index is 0.455. The maximum Gasteiger partial charge on any atom is 0.191 e. The molecule has 0 spiro atoms. The molecule has 0 saturated carbocycles. The molecule has 3 nitrogen and oxygen atoms in total. The van der Waals surface area contributed by atoms with E-state index in [1.807, 2.05) is 0 Å². The zero-order valence-corrected chi connectivity index (χ0v) is 10.6. The van der Waals surface area contributed by atoms with Gasteiger partial charge in [-0.25, -0.2) is 0 Å². The van der Waals surface area contributed by atoms with E-state index >= 15 is 0 Å². The fraction of sp³-hybridized carbons (Fsp3) is 0.308. The topological polar surface area (TPSA) is 36.4 Å². The number of nitrogens with zero attached hydrogens (tertiary/aromatic N) is 1. The smallest absolute Gasteiger partial charge is 0.191 e. The van der Waals surface area contributed by atoms with Crippen LogP contribution in [0.3, 0.4) is 0 Å². The lowest BCUT2D eigenvalue weighted by atomic mass is 10.2. The van der Waals surface area contributed by atoms with E-state index in [1.54, 1.807) is 11.3 Å². The Morgan fingerprint density at radius 3 is 3.18 bits per heavy atom. The number of nitrogens with one attached hydrogen (secondary N) is 2. The first-order chi connectivity index (χ1) is 8.33. The second-order valence-corrected chi connectivity index (χ2v) is 5.26. The number of guanidine groups is 1. The number of rotatable bonds is 2. The SMILES string of the molecule is CC1CN=C(NCc2csc3ccccc23)N1. The van der Waals surface area contributed by atoms with E-state index in [4.69, 9.17) is 0 Å². The summed E-state index contributed by atoms with van der Waals surface area (Å²) in [5, 5.41) is 10.2. The molecular weight excluding hydrogens is 230 g/mol. The summed E-state index contributed by atoms with van der Waals surface area (Å²) in [5.41, 5.74) is 1.34. The normalized spacial score (nSPS) is 19.1. The number of hydrogen-bond acceptors (Lipinski definition) is 4. The first kappa shape index (κ1) is 10.6. The molecule has 0 saturated heterocycles. The van der Waals surface area contributed by atoms with Crippen molar-refractivity contribution >= 4 is 27.4 Å². The molecule has 1 aliphatic heterocycles. The van der Waals surface area contributed by atoms with Crippen molar-refractivity contribution < 1.29 is 0 Å². The highest BCUT2D eigenvalue weighted by atomic mass is 32.1. The molecule has 88 valence electrons. The van der Waals surface area contributed by atoms with Gasteiger partial charge in [-0.1, -0.05) is 18.2 Å². The molecule has 1 aliphatic rings. The lowest BCUT2D eigenvalue weighted by molar-refractivity contribution is 0.713. The third kappa shape index (κ3) is 2.13. The van der Waals surface area contributed by atoms with Crippen LogP contribution in [0, 0.1) is 0 Å². The van der Waals surface area contributed by atoms with Crippen molar-refractivity contribution in [2.45, 2.75) is 19.5 Å². The minimum Gasteiger partial charge on any atom is -0.352 e. The first-order valence-electron chi connectivity index (χ1n) is 5.83. The summed E-state index contributed by atoms with van der Waals surface area (Å²) in [5.74, 6) is 0.924. The summed E-state index contributed by atoms with van der Waals surface area (Å²) < 4.78 is 1.35. The zero-order chi connectivity index (χ0) is 11.7. The van der Waals surface area contributed by atoms with Crippen LogP contribution in [0.1, 0.15) is 12.5 Å². The van der Waals surface area contributed by atoms with Crippen LogP contribution in [0.5, 0.6) is 0 Å². The van der Waals surface area contributed by atoms with Gasteiger partial charge in [0.15, 0.2) is 5.96 Å². The van der Waals surface area contributed by atoms with Gasteiger partial charge in [0, 0.05) is 17.3 Å². The summed E-state index contributed by atoms with van der Waals surface area (Å²) in [4.78, 5) is 4.39. The highest BCUT2D eigenvalue weighted by Gasteiger charge is 2.12. The van der Waals surface area contributed by atoms with Crippen molar-refractivity contribution in [3.8, 4) is 0 Å². The van der Waals surface area contributed by atoms with Crippen molar-refractivity contribution in [2.75, 3.05) is 6.54 Å². The van der Waals surface area contributed by atoms with E-state index in [2.05, 4.69) is 52.2 Å². The van der Waals surface area contributed by atoms with Crippen LogP contribution in [-0.2, 0) is 6.54 Å². The standard InChI is InChI=1S/C13H15N3S/c1-9-6-14-13(16-9)15-7-10-8-17-12-5-3-2-4-11(10)12/h2-5,8-9H,6-7H2,1H3,(H2,14,15,16). The van der Waals surface area contributed by atoms with Crippen molar-refractivity contribution in [1.29, 1.82) is 0 Å². The van der Waals surface area contributed by atoms with Crippen LogP contribution in [0.25, 0.3) is 10.1 Å². The van der Waals surface area contributed by atoms with Gasteiger partial charge in [-0.15, -0.1) is 11.3 Å². The highest BCUT2D eigenvalue weighted by Crippen LogP contribution is 2.25. The van der Waals surface area contributed by atoms with E-state index in [0.29, 0.717) is 6.04 Å². The molecule has 0 fully saturated rings. The molecule has 0 bridgehead atoms. The van der Waals surface area contributed by atoms with Crippen LogP contribution in [-0.4, -0.2) is 18.5 Å². The van der Waals surface area contributed by atoms with Gasteiger partial charge in [-0.05, 0) is 29.3 Å². The quantitative estimate of drug-likeness (QED) is 0.852. The highest BCUT2D eigenvalue weighted by molar-refractivity contribution is 7.17. The second-order valence-electron chi connectivity index (χ2n) is 4.35. The van der Waals surface area contributed by atoms with Gasteiger partial charge >= 0.3 is 0 Å². The van der Waals surface area contributed by atoms with Gasteiger partial charge in [0.05, 0.1) is 6.54 Å². The largest absolute Gasteiger partial charge is 0.352 e. The molecule has 3 rings (SSSR count). The molecule has 0 radical (unpaired) electrons. The fourth-order valence-corrected chi connectivity index (χ4v) is 2.97. The molecule has 2 aromatic rings. The van der Waals surface area contributed by atoms with Crippen LogP contribution >= 0.6 is 11.3 Å². The third-order valence-corrected chi connectivity index (χ3v) is 3.93. The molecule has 1 atom stereocenters. The van der Waals surface area contributed by atoms with Crippen LogP contribution in [0.2, 0.25) is 0 Å². The van der Waals surface area contributed by atoms with Gasteiger partial charge in [0.1, 0.15) is 0 Å². The molecule has 1 unspecified atom stereocenters. The lowest BCUT2D eigenvalue weighted by Gasteiger charge is -2.08. The van der Waals surface area contributed by atoms with Crippen LogP contribution in [0.4, 0.5) is 0 Å². The average molecular weight is 245 g/mol. The summed E-state index contributed by atoms with van der Waals surface area (Å²) in [6, 6.07) is 8.97. The Bertz CT molecular complexity index is 559. The minimum absolute atomic E-state index is 0.455. The molecule has 0 aliphatic carbocycles. The monoisotopic (exact) mass is 245 g/mol. The van der Waals surface area contributed by atoms with Gasteiger partial charge in [-0.3, -0.25) is 4.99 Å². The Labute approximate surface area is 105 Å². The summed E-state index contributed by atoms with van der Waals surface area (Å²) in [7, 11) is 0. The molecule has 0 amide bonds. The van der Waals surface area contributed by atoms with Gasteiger partial charge in [-0.2, -0.15) is 0 Å². The zero-order valence-electron chi connectivity index (χ0n) is 9.73. The average Bonchev–Trinajstić information content (AvgIpc) is 2.93. The molecular formula is C13H15N3S. The summed E-state index contributed by atoms with van der Waals surface area (Å²) in [6.45, 7) is 3.84. The van der Waals surface area contributed by atoms with Crippen molar-refractivity contribution in [3.05, 3.63) is 35.2 Å².